The molecule has 0 aliphatic rings. The van der Waals surface area contributed by atoms with Gasteiger partial charge >= 0.3 is 0 Å². The van der Waals surface area contributed by atoms with Gasteiger partial charge in [-0.25, -0.2) is 13.2 Å². The molecule has 0 radical (unpaired) electrons. The lowest BCUT2D eigenvalue weighted by atomic mass is 10.1. The molecule has 0 saturated carbocycles. The highest BCUT2D eigenvalue weighted by atomic mass is 35.5. The third-order valence-corrected chi connectivity index (χ3v) is 2.23. The first-order valence-electron chi connectivity index (χ1n) is 4.15. The standard InChI is InChI=1S/C9H9ClF3NO/c10-7-8(12)4(1-5(14)3-15)2-6(11)9(7)13/h2,5,15H,1,3,14H2. The van der Waals surface area contributed by atoms with Gasteiger partial charge in [0.25, 0.3) is 0 Å². The van der Waals surface area contributed by atoms with Crippen molar-refractivity contribution in [3.05, 3.63) is 34.1 Å². The van der Waals surface area contributed by atoms with Crippen LogP contribution in [0, 0.1) is 17.5 Å². The van der Waals surface area contributed by atoms with Crippen LogP contribution in [0.15, 0.2) is 6.07 Å². The monoisotopic (exact) mass is 239 g/mol. The molecule has 3 N–H and O–H groups in total. The number of hydrogen-bond acceptors (Lipinski definition) is 2. The number of halogens is 4. The van der Waals surface area contributed by atoms with Crippen LogP contribution in [0.3, 0.4) is 0 Å². The molecule has 0 aliphatic carbocycles. The number of benzene rings is 1. The first-order valence-corrected chi connectivity index (χ1v) is 4.53. The number of aliphatic hydroxyl groups excluding tert-OH is 1. The van der Waals surface area contributed by atoms with Crippen LogP contribution in [-0.4, -0.2) is 17.8 Å². The molecule has 1 unspecified atom stereocenters. The average molecular weight is 240 g/mol. The molecule has 1 rings (SSSR count). The van der Waals surface area contributed by atoms with E-state index in [0.29, 0.717) is 6.07 Å². The van der Waals surface area contributed by atoms with E-state index in [1.54, 1.807) is 0 Å². The van der Waals surface area contributed by atoms with Gasteiger partial charge in [-0.3, -0.25) is 0 Å². The Labute approximate surface area is 89.5 Å². The van der Waals surface area contributed by atoms with E-state index in [1.807, 2.05) is 0 Å². The van der Waals surface area contributed by atoms with Crippen molar-refractivity contribution in [3.63, 3.8) is 0 Å². The minimum absolute atomic E-state index is 0.112. The fourth-order valence-electron chi connectivity index (χ4n) is 1.12. The van der Waals surface area contributed by atoms with E-state index in [-0.39, 0.29) is 18.6 Å². The van der Waals surface area contributed by atoms with E-state index in [4.69, 9.17) is 22.4 Å². The molecule has 1 aromatic rings. The number of hydrogen-bond donors (Lipinski definition) is 2. The molecule has 0 aromatic heterocycles. The van der Waals surface area contributed by atoms with Gasteiger partial charge in [0, 0.05) is 6.04 Å². The molecule has 0 spiro atoms. The van der Waals surface area contributed by atoms with Crippen LogP contribution in [0.25, 0.3) is 0 Å². The van der Waals surface area contributed by atoms with Crippen LogP contribution >= 0.6 is 11.6 Å². The summed E-state index contributed by atoms with van der Waals surface area (Å²) in [7, 11) is 0. The molecular formula is C9H9ClF3NO. The normalized spacial score (nSPS) is 12.9. The molecule has 6 heteroatoms. The van der Waals surface area contributed by atoms with Crippen molar-refractivity contribution >= 4 is 11.6 Å². The van der Waals surface area contributed by atoms with Crippen molar-refractivity contribution in [1.29, 1.82) is 0 Å². The quantitative estimate of drug-likeness (QED) is 0.622. The lowest BCUT2D eigenvalue weighted by Gasteiger charge is -2.10. The molecule has 15 heavy (non-hydrogen) atoms. The summed E-state index contributed by atoms with van der Waals surface area (Å²) in [4.78, 5) is 0. The highest BCUT2D eigenvalue weighted by molar-refractivity contribution is 6.31. The van der Waals surface area contributed by atoms with Gasteiger partial charge in [-0.2, -0.15) is 0 Å². The van der Waals surface area contributed by atoms with Gasteiger partial charge in [0.05, 0.1) is 6.61 Å². The van der Waals surface area contributed by atoms with Gasteiger partial charge < -0.3 is 10.8 Å². The summed E-state index contributed by atoms with van der Waals surface area (Å²) in [5.74, 6) is -3.70. The Hall–Kier alpha value is -0.780. The van der Waals surface area contributed by atoms with Crippen LogP contribution < -0.4 is 5.73 Å². The van der Waals surface area contributed by atoms with Gasteiger partial charge in [-0.15, -0.1) is 0 Å². The van der Waals surface area contributed by atoms with Gasteiger partial charge in [0.2, 0.25) is 0 Å². The molecule has 0 bridgehead atoms. The second kappa shape index (κ2) is 4.83. The van der Waals surface area contributed by atoms with Crippen molar-refractivity contribution < 1.29 is 18.3 Å². The molecule has 1 atom stereocenters. The van der Waals surface area contributed by atoms with Crippen molar-refractivity contribution in [1.82, 2.24) is 0 Å². The smallest absolute Gasteiger partial charge is 0.180 e. The Morgan fingerprint density at radius 2 is 1.93 bits per heavy atom. The van der Waals surface area contributed by atoms with E-state index < -0.39 is 28.5 Å². The molecule has 84 valence electrons. The Bertz CT molecular complexity index is 373. The summed E-state index contributed by atoms with van der Waals surface area (Å²) in [6.07, 6.45) is -0.112. The largest absolute Gasteiger partial charge is 0.395 e. The Balaban J connectivity index is 3.09. The second-order valence-corrected chi connectivity index (χ2v) is 3.48. The maximum Gasteiger partial charge on any atom is 0.180 e. The molecule has 1 aromatic carbocycles. The minimum Gasteiger partial charge on any atom is -0.395 e. The van der Waals surface area contributed by atoms with Crippen LogP contribution in [0.4, 0.5) is 13.2 Å². The Morgan fingerprint density at radius 1 is 1.33 bits per heavy atom. The van der Waals surface area contributed by atoms with E-state index in [1.165, 1.54) is 0 Å². The zero-order valence-corrected chi connectivity index (χ0v) is 8.36. The first kappa shape index (κ1) is 12.3. The molecule has 0 amide bonds. The third kappa shape index (κ3) is 2.62. The zero-order valence-electron chi connectivity index (χ0n) is 7.61. The predicted molar refractivity (Wildman–Crippen MR) is 50.1 cm³/mol. The average Bonchev–Trinajstić information content (AvgIpc) is 2.22. The van der Waals surface area contributed by atoms with Crippen LogP contribution in [0.5, 0.6) is 0 Å². The van der Waals surface area contributed by atoms with Gasteiger partial charge in [0.1, 0.15) is 10.8 Å². The number of aliphatic hydroxyl groups is 1. The highest BCUT2D eigenvalue weighted by Gasteiger charge is 2.18. The lowest BCUT2D eigenvalue weighted by molar-refractivity contribution is 0.264. The second-order valence-electron chi connectivity index (χ2n) is 3.11. The summed E-state index contributed by atoms with van der Waals surface area (Å²) >= 11 is 5.22. The van der Waals surface area contributed by atoms with Gasteiger partial charge in [-0.05, 0) is 18.1 Å². The molecule has 0 aliphatic heterocycles. The molecule has 0 fully saturated rings. The SMILES string of the molecule is NC(CO)Cc1cc(F)c(F)c(Cl)c1F. The summed E-state index contributed by atoms with van der Waals surface area (Å²) in [6.45, 7) is -0.379. The molecule has 0 heterocycles. The van der Waals surface area contributed by atoms with Crippen LogP contribution in [-0.2, 0) is 6.42 Å². The van der Waals surface area contributed by atoms with E-state index >= 15 is 0 Å². The Kier molecular flexibility index (Phi) is 3.96. The lowest BCUT2D eigenvalue weighted by Crippen LogP contribution is -2.27. The highest BCUT2D eigenvalue weighted by Crippen LogP contribution is 2.25. The maximum absolute atomic E-state index is 13.3. The van der Waals surface area contributed by atoms with Crippen molar-refractivity contribution in [2.45, 2.75) is 12.5 Å². The number of rotatable bonds is 3. The summed E-state index contributed by atoms with van der Waals surface area (Å²) in [5, 5.41) is 7.74. The maximum atomic E-state index is 13.3. The van der Waals surface area contributed by atoms with E-state index in [2.05, 4.69) is 0 Å². The van der Waals surface area contributed by atoms with Gasteiger partial charge in [-0.1, -0.05) is 11.6 Å². The van der Waals surface area contributed by atoms with E-state index in [9.17, 15) is 13.2 Å². The van der Waals surface area contributed by atoms with E-state index in [0.717, 1.165) is 0 Å². The predicted octanol–water partition coefficient (Wildman–Crippen LogP) is 1.62. The van der Waals surface area contributed by atoms with Crippen LogP contribution in [0.2, 0.25) is 5.02 Å². The topological polar surface area (TPSA) is 46.2 Å². The van der Waals surface area contributed by atoms with Crippen molar-refractivity contribution in [2.75, 3.05) is 6.61 Å². The molecular weight excluding hydrogens is 231 g/mol. The molecule has 2 nitrogen and oxygen atoms in total. The summed E-state index contributed by atoms with van der Waals surface area (Å²) in [5.41, 5.74) is 5.18. The fraction of sp³-hybridized carbons (Fsp3) is 0.333. The fourth-order valence-corrected chi connectivity index (χ4v) is 1.33. The van der Waals surface area contributed by atoms with Crippen LogP contribution in [0.1, 0.15) is 5.56 Å². The van der Waals surface area contributed by atoms with Crippen molar-refractivity contribution in [2.24, 2.45) is 5.73 Å². The third-order valence-electron chi connectivity index (χ3n) is 1.89. The first-order chi connectivity index (χ1) is 6.97. The minimum atomic E-state index is -1.42. The Morgan fingerprint density at radius 3 is 2.47 bits per heavy atom. The van der Waals surface area contributed by atoms with Gasteiger partial charge in [0.15, 0.2) is 11.6 Å². The summed E-state index contributed by atoms with van der Waals surface area (Å²) in [6, 6.07) is -0.0491. The summed E-state index contributed by atoms with van der Waals surface area (Å²) < 4.78 is 38.9. The zero-order chi connectivity index (χ0) is 11.6. The van der Waals surface area contributed by atoms with Crippen molar-refractivity contribution in [3.8, 4) is 0 Å². The molecule has 0 saturated heterocycles. The number of nitrogens with two attached hydrogens (primary N) is 1.